The van der Waals surface area contributed by atoms with E-state index in [9.17, 15) is 8.78 Å². The number of hydrogen-bond donors (Lipinski definition) is 0. The molecule has 0 aromatic heterocycles. The van der Waals surface area contributed by atoms with Crippen molar-refractivity contribution in [3.8, 4) is 0 Å². The second kappa shape index (κ2) is 6.52. The van der Waals surface area contributed by atoms with E-state index in [0.29, 0.717) is 12.0 Å². The smallest absolute Gasteiger partial charge is 0.126 e. The van der Waals surface area contributed by atoms with Gasteiger partial charge in [0.2, 0.25) is 0 Å². The van der Waals surface area contributed by atoms with Gasteiger partial charge >= 0.3 is 0 Å². The van der Waals surface area contributed by atoms with Crippen LogP contribution in [0.15, 0.2) is 18.2 Å². The normalized spacial score (nSPS) is 9.64. The molecule has 0 fully saturated rings. The van der Waals surface area contributed by atoms with E-state index in [1.165, 1.54) is 12.1 Å². The van der Waals surface area contributed by atoms with Crippen molar-refractivity contribution in [2.75, 3.05) is 0 Å². The van der Waals surface area contributed by atoms with E-state index < -0.39 is 11.6 Å². The summed E-state index contributed by atoms with van der Waals surface area (Å²) in [4.78, 5) is 0. The van der Waals surface area contributed by atoms with Crippen molar-refractivity contribution in [2.24, 2.45) is 5.92 Å². The molecule has 0 unspecified atom stereocenters. The van der Waals surface area contributed by atoms with Crippen molar-refractivity contribution in [3.63, 3.8) is 0 Å². The van der Waals surface area contributed by atoms with Gasteiger partial charge in [-0.3, -0.25) is 0 Å². The maximum Gasteiger partial charge on any atom is 0.126 e. The fourth-order valence-electron chi connectivity index (χ4n) is 0.815. The van der Waals surface area contributed by atoms with Crippen LogP contribution in [0.1, 0.15) is 33.3 Å². The summed E-state index contributed by atoms with van der Waals surface area (Å²) in [6, 6.07) is 3.55. The third-order valence-electron chi connectivity index (χ3n) is 1.33. The topological polar surface area (TPSA) is 0 Å². The molecule has 0 saturated carbocycles. The van der Waals surface area contributed by atoms with Gasteiger partial charge in [0.15, 0.2) is 0 Å². The molecule has 0 N–H and O–H groups in total. The Hall–Kier alpha value is -0.920. The highest BCUT2D eigenvalue weighted by atomic mass is 19.1. The van der Waals surface area contributed by atoms with Crippen molar-refractivity contribution in [1.82, 2.24) is 0 Å². The molecule has 1 aromatic rings. The number of aryl methyl sites for hydroxylation is 1. The molecule has 0 spiro atoms. The van der Waals surface area contributed by atoms with Crippen LogP contribution in [0.25, 0.3) is 0 Å². The van der Waals surface area contributed by atoms with Crippen LogP contribution < -0.4 is 0 Å². The molecule has 2 heteroatoms. The first-order chi connectivity index (χ1) is 6.45. The first-order valence-corrected chi connectivity index (χ1v) is 4.90. The number of hydrogen-bond acceptors (Lipinski definition) is 0. The molecule has 0 bridgehead atoms. The van der Waals surface area contributed by atoms with Crippen molar-refractivity contribution >= 4 is 0 Å². The van der Waals surface area contributed by atoms with Gasteiger partial charge < -0.3 is 0 Å². The summed E-state index contributed by atoms with van der Waals surface area (Å²) in [5.41, 5.74) is 0.692. The van der Waals surface area contributed by atoms with E-state index in [0.717, 1.165) is 12.0 Å². The average Bonchev–Trinajstić information content (AvgIpc) is 2.01. The molecule has 0 aliphatic heterocycles. The molecular weight excluding hydrogens is 182 g/mol. The summed E-state index contributed by atoms with van der Waals surface area (Å²) >= 11 is 0. The maximum atomic E-state index is 12.4. The quantitative estimate of drug-likeness (QED) is 0.637. The van der Waals surface area contributed by atoms with E-state index in [1.807, 2.05) is 6.92 Å². The van der Waals surface area contributed by atoms with Gasteiger partial charge in [-0.05, 0) is 30.0 Å². The zero-order valence-corrected chi connectivity index (χ0v) is 9.27. The fraction of sp³-hybridized carbons (Fsp3) is 0.500. The van der Waals surface area contributed by atoms with Gasteiger partial charge in [-0.1, -0.05) is 27.7 Å². The Morgan fingerprint density at radius 3 is 1.64 bits per heavy atom. The lowest BCUT2D eigenvalue weighted by molar-refractivity contribution is 0.580. The summed E-state index contributed by atoms with van der Waals surface area (Å²) < 4.78 is 24.8. The van der Waals surface area contributed by atoms with Gasteiger partial charge in [0.05, 0.1) is 0 Å². The van der Waals surface area contributed by atoms with Gasteiger partial charge in [-0.15, -0.1) is 0 Å². The second-order valence-corrected chi connectivity index (χ2v) is 3.86. The minimum absolute atomic E-state index is 0.503. The highest BCUT2D eigenvalue weighted by Gasteiger charge is 1.96. The molecule has 1 aromatic carbocycles. The Morgan fingerprint density at radius 2 is 1.36 bits per heavy atom. The molecule has 0 amide bonds. The molecule has 0 atom stereocenters. The summed E-state index contributed by atoms with van der Waals surface area (Å²) in [7, 11) is 0. The predicted molar refractivity (Wildman–Crippen MR) is 56.2 cm³/mol. The van der Waals surface area contributed by atoms with E-state index in [-0.39, 0.29) is 0 Å². The maximum absolute atomic E-state index is 12.4. The zero-order valence-electron chi connectivity index (χ0n) is 9.27. The number of halogens is 2. The van der Waals surface area contributed by atoms with Crippen LogP contribution in [0.2, 0.25) is 0 Å². The summed E-state index contributed by atoms with van der Waals surface area (Å²) in [5.74, 6) is -0.172. The van der Waals surface area contributed by atoms with Crippen molar-refractivity contribution in [1.29, 1.82) is 0 Å². The van der Waals surface area contributed by atoms with Gasteiger partial charge in [0.1, 0.15) is 11.6 Å². The molecule has 0 radical (unpaired) electrons. The van der Waals surface area contributed by atoms with Crippen LogP contribution in [-0.2, 0) is 6.42 Å². The van der Waals surface area contributed by atoms with Crippen LogP contribution in [0.4, 0.5) is 8.78 Å². The first kappa shape index (κ1) is 13.1. The van der Waals surface area contributed by atoms with E-state index in [1.54, 1.807) is 0 Å². The van der Waals surface area contributed by atoms with Gasteiger partial charge in [-0.2, -0.15) is 0 Å². The number of rotatable bonds is 1. The SMILES string of the molecule is CC(C)C.CCc1cc(F)cc(F)c1. The van der Waals surface area contributed by atoms with E-state index in [4.69, 9.17) is 0 Å². The van der Waals surface area contributed by atoms with Gasteiger partial charge in [-0.25, -0.2) is 8.78 Å². The lowest BCUT2D eigenvalue weighted by atomic mass is 10.2. The third kappa shape index (κ3) is 6.58. The number of benzene rings is 1. The van der Waals surface area contributed by atoms with Crippen LogP contribution in [0.3, 0.4) is 0 Å². The third-order valence-corrected chi connectivity index (χ3v) is 1.33. The van der Waals surface area contributed by atoms with Crippen molar-refractivity contribution in [2.45, 2.75) is 34.1 Å². The predicted octanol–water partition coefficient (Wildman–Crippen LogP) is 4.19. The van der Waals surface area contributed by atoms with E-state index >= 15 is 0 Å². The minimum atomic E-state index is -0.503. The minimum Gasteiger partial charge on any atom is -0.207 e. The Balaban J connectivity index is 0.000000364. The Bertz CT molecular complexity index is 244. The summed E-state index contributed by atoms with van der Waals surface area (Å²) in [6.45, 7) is 8.36. The van der Waals surface area contributed by atoms with E-state index in [2.05, 4.69) is 20.8 Å². The van der Waals surface area contributed by atoms with Crippen LogP contribution in [-0.4, -0.2) is 0 Å². The second-order valence-electron chi connectivity index (χ2n) is 3.86. The van der Waals surface area contributed by atoms with Crippen molar-refractivity contribution in [3.05, 3.63) is 35.4 Å². The molecule has 0 aliphatic rings. The molecule has 0 heterocycles. The molecule has 80 valence electrons. The first-order valence-electron chi connectivity index (χ1n) is 4.90. The standard InChI is InChI=1S/C8H8F2.C4H10/c1-2-6-3-7(9)5-8(10)4-6;1-4(2)3/h3-5H,2H2,1H3;4H,1-3H3. The molecular formula is C12H18F2. The Morgan fingerprint density at radius 1 is 1.00 bits per heavy atom. The lowest BCUT2D eigenvalue weighted by Gasteiger charge is -1.95. The summed E-state index contributed by atoms with van der Waals surface area (Å²) in [6.07, 6.45) is 0.661. The lowest BCUT2D eigenvalue weighted by Crippen LogP contribution is -1.84. The molecule has 14 heavy (non-hydrogen) atoms. The molecule has 0 aliphatic carbocycles. The highest BCUT2D eigenvalue weighted by molar-refractivity contribution is 5.17. The fourth-order valence-corrected chi connectivity index (χ4v) is 0.815. The Labute approximate surface area is 85.0 Å². The van der Waals surface area contributed by atoms with Crippen LogP contribution >= 0.6 is 0 Å². The zero-order chi connectivity index (χ0) is 11.1. The Kier molecular flexibility index (Phi) is 6.09. The van der Waals surface area contributed by atoms with Gasteiger partial charge in [0.25, 0.3) is 0 Å². The van der Waals surface area contributed by atoms with Crippen LogP contribution in [0, 0.1) is 17.6 Å². The molecule has 0 saturated heterocycles. The van der Waals surface area contributed by atoms with Crippen molar-refractivity contribution < 1.29 is 8.78 Å². The molecule has 0 nitrogen and oxygen atoms in total. The average molecular weight is 200 g/mol. The monoisotopic (exact) mass is 200 g/mol. The largest absolute Gasteiger partial charge is 0.207 e. The molecule has 1 rings (SSSR count). The summed E-state index contributed by atoms with van der Waals surface area (Å²) in [5, 5.41) is 0. The van der Waals surface area contributed by atoms with Gasteiger partial charge in [0, 0.05) is 6.07 Å². The highest BCUT2D eigenvalue weighted by Crippen LogP contribution is 2.07. The van der Waals surface area contributed by atoms with Crippen LogP contribution in [0.5, 0.6) is 0 Å².